The van der Waals surface area contributed by atoms with Crippen LogP contribution in [0.25, 0.3) is 0 Å². The van der Waals surface area contributed by atoms with Crippen molar-refractivity contribution in [2.75, 3.05) is 19.6 Å². The number of nitrogens with zero attached hydrogens (tertiary/aromatic N) is 4. The maximum atomic E-state index is 13.4. The highest BCUT2D eigenvalue weighted by atomic mass is 16.2. The molecule has 1 aromatic heterocycles. The van der Waals surface area contributed by atoms with Crippen LogP contribution < -0.4 is 10.9 Å². The van der Waals surface area contributed by atoms with E-state index in [1.807, 2.05) is 49.9 Å². The highest BCUT2D eigenvalue weighted by molar-refractivity contribution is 5.94. The predicted octanol–water partition coefficient (Wildman–Crippen LogP) is 2.22. The number of hydrogen-bond donors (Lipinski definition) is 1. The second kappa shape index (κ2) is 8.01. The molecule has 33 heavy (non-hydrogen) atoms. The van der Waals surface area contributed by atoms with E-state index in [1.54, 1.807) is 9.47 Å². The third-order valence-corrected chi connectivity index (χ3v) is 7.24. The number of aromatic nitrogens is 2. The molecule has 0 unspecified atom stereocenters. The van der Waals surface area contributed by atoms with Crippen LogP contribution in [0.1, 0.15) is 59.7 Å². The van der Waals surface area contributed by atoms with Gasteiger partial charge in [0.2, 0.25) is 0 Å². The first-order valence-electron chi connectivity index (χ1n) is 11.8. The lowest BCUT2D eigenvalue weighted by atomic mass is 9.85. The molecule has 1 fully saturated rings. The number of aryl methyl sites for hydroxylation is 1. The van der Waals surface area contributed by atoms with Gasteiger partial charge in [0.25, 0.3) is 11.5 Å². The fourth-order valence-electron chi connectivity index (χ4n) is 5.39. The van der Waals surface area contributed by atoms with Gasteiger partial charge in [-0.2, -0.15) is 0 Å². The van der Waals surface area contributed by atoms with E-state index < -0.39 is 0 Å². The SMILES string of the molecule is Cc1ccc(C(=O)N2CCc3nc4n(c(=O)c3C2)CC[C@@]42CCN(C(=O)NC(C)C)C2)cc1. The van der Waals surface area contributed by atoms with E-state index >= 15 is 0 Å². The molecule has 1 saturated heterocycles. The molecular formula is C25H31N5O3. The third-order valence-electron chi connectivity index (χ3n) is 7.24. The Labute approximate surface area is 193 Å². The maximum Gasteiger partial charge on any atom is 0.317 e. The molecule has 4 heterocycles. The largest absolute Gasteiger partial charge is 0.336 e. The summed E-state index contributed by atoms with van der Waals surface area (Å²) >= 11 is 0. The predicted molar refractivity (Wildman–Crippen MR) is 124 cm³/mol. The van der Waals surface area contributed by atoms with E-state index in [9.17, 15) is 14.4 Å². The Bertz CT molecular complexity index is 1170. The molecule has 5 rings (SSSR count). The quantitative estimate of drug-likeness (QED) is 0.762. The van der Waals surface area contributed by atoms with Crippen molar-refractivity contribution in [3.63, 3.8) is 0 Å². The first-order chi connectivity index (χ1) is 15.8. The van der Waals surface area contributed by atoms with Crippen LogP contribution in [0.4, 0.5) is 4.79 Å². The number of likely N-dealkylation sites (tertiary alicyclic amines) is 1. The van der Waals surface area contributed by atoms with Gasteiger partial charge in [-0.1, -0.05) is 17.7 Å². The Hall–Kier alpha value is -3.16. The Kier molecular flexibility index (Phi) is 5.26. The summed E-state index contributed by atoms with van der Waals surface area (Å²) in [6.45, 7) is 8.62. The van der Waals surface area contributed by atoms with Crippen molar-refractivity contribution in [1.29, 1.82) is 0 Å². The molecule has 2 aromatic rings. The standard InChI is InChI=1S/C25H31N5O3/c1-16(2)26-24(33)29-12-9-25(15-29)10-13-30-22(32)19-14-28(11-8-20(19)27-23(25)30)21(31)18-6-4-17(3)5-7-18/h4-7,16H,8-15H2,1-3H3,(H,26,33)/t25-/m1/s1. The molecule has 0 aliphatic carbocycles. The number of fused-ring (bicyclic) bond motifs is 3. The Morgan fingerprint density at radius 2 is 1.79 bits per heavy atom. The van der Waals surface area contributed by atoms with Gasteiger partial charge in [-0.05, 0) is 45.7 Å². The molecule has 1 atom stereocenters. The summed E-state index contributed by atoms with van der Waals surface area (Å²) in [5, 5.41) is 2.97. The monoisotopic (exact) mass is 449 g/mol. The average Bonchev–Trinajstić information content (AvgIpc) is 3.38. The normalized spacial score (nSPS) is 21.5. The van der Waals surface area contributed by atoms with Gasteiger partial charge < -0.3 is 15.1 Å². The first kappa shape index (κ1) is 21.7. The molecule has 1 spiro atoms. The van der Waals surface area contributed by atoms with Crippen molar-refractivity contribution in [3.8, 4) is 0 Å². The van der Waals surface area contributed by atoms with Crippen LogP contribution in [0.2, 0.25) is 0 Å². The lowest BCUT2D eigenvalue weighted by Gasteiger charge is -2.30. The average molecular weight is 450 g/mol. The van der Waals surface area contributed by atoms with E-state index in [2.05, 4.69) is 5.32 Å². The van der Waals surface area contributed by atoms with E-state index in [0.717, 1.165) is 29.9 Å². The molecule has 0 saturated carbocycles. The van der Waals surface area contributed by atoms with Gasteiger partial charge in [-0.3, -0.25) is 14.2 Å². The van der Waals surface area contributed by atoms with E-state index in [4.69, 9.17) is 4.98 Å². The first-order valence-corrected chi connectivity index (χ1v) is 11.8. The second-order valence-corrected chi connectivity index (χ2v) is 9.97. The molecule has 1 aromatic carbocycles. The zero-order valence-corrected chi connectivity index (χ0v) is 19.6. The smallest absolute Gasteiger partial charge is 0.317 e. The highest BCUT2D eigenvalue weighted by Gasteiger charge is 2.48. The Balaban J connectivity index is 1.40. The van der Waals surface area contributed by atoms with Gasteiger partial charge in [0.05, 0.1) is 17.8 Å². The second-order valence-electron chi connectivity index (χ2n) is 9.97. The fraction of sp³-hybridized carbons (Fsp3) is 0.520. The van der Waals surface area contributed by atoms with Gasteiger partial charge in [0.1, 0.15) is 5.82 Å². The molecular weight excluding hydrogens is 418 g/mol. The van der Waals surface area contributed by atoms with Crippen molar-refractivity contribution < 1.29 is 9.59 Å². The molecule has 8 nitrogen and oxygen atoms in total. The number of amides is 3. The summed E-state index contributed by atoms with van der Waals surface area (Å²) in [5.74, 6) is 0.772. The van der Waals surface area contributed by atoms with E-state index in [-0.39, 0.29) is 29.0 Å². The lowest BCUT2D eigenvalue weighted by molar-refractivity contribution is 0.0732. The molecule has 0 bridgehead atoms. The number of carbonyl (C=O) groups is 2. The minimum absolute atomic E-state index is 0.0293. The van der Waals surface area contributed by atoms with E-state index in [1.165, 1.54) is 0 Å². The van der Waals surface area contributed by atoms with Crippen molar-refractivity contribution >= 4 is 11.9 Å². The van der Waals surface area contributed by atoms with Gasteiger partial charge in [-0.15, -0.1) is 0 Å². The topological polar surface area (TPSA) is 87.5 Å². The van der Waals surface area contributed by atoms with Gasteiger partial charge in [0, 0.05) is 49.6 Å². The zero-order chi connectivity index (χ0) is 23.3. The molecule has 8 heteroatoms. The number of urea groups is 1. The van der Waals surface area contributed by atoms with Crippen LogP contribution in [0.3, 0.4) is 0 Å². The number of carbonyl (C=O) groups excluding carboxylic acids is 2. The lowest BCUT2D eigenvalue weighted by Crippen LogP contribution is -2.44. The van der Waals surface area contributed by atoms with Crippen molar-refractivity contribution in [2.24, 2.45) is 0 Å². The van der Waals surface area contributed by atoms with Crippen LogP contribution in [0.15, 0.2) is 29.1 Å². The molecule has 3 amide bonds. The van der Waals surface area contributed by atoms with Crippen molar-refractivity contribution in [2.45, 2.75) is 64.6 Å². The number of hydrogen-bond acceptors (Lipinski definition) is 4. The molecule has 174 valence electrons. The van der Waals surface area contributed by atoms with Crippen molar-refractivity contribution in [1.82, 2.24) is 24.7 Å². The fourth-order valence-corrected chi connectivity index (χ4v) is 5.39. The number of benzene rings is 1. The summed E-state index contributed by atoms with van der Waals surface area (Å²) in [6, 6.07) is 7.58. The summed E-state index contributed by atoms with van der Waals surface area (Å²) in [6.07, 6.45) is 2.21. The van der Waals surface area contributed by atoms with E-state index in [0.29, 0.717) is 50.3 Å². The van der Waals surface area contributed by atoms with Crippen LogP contribution in [0.5, 0.6) is 0 Å². The summed E-state index contributed by atoms with van der Waals surface area (Å²) in [7, 11) is 0. The van der Waals surface area contributed by atoms with Gasteiger partial charge in [-0.25, -0.2) is 9.78 Å². The maximum absolute atomic E-state index is 13.4. The highest BCUT2D eigenvalue weighted by Crippen LogP contribution is 2.41. The molecule has 3 aliphatic heterocycles. The summed E-state index contributed by atoms with van der Waals surface area (Å²) < 4.78 is 1.79. The Morgan fingerprint density at radius 3 is 2.52 bits per heavy atom. The van der Waals surface area contributed by atoms with Crippen LogP contribution in [-0.2, 0) is 24.9 Å². The zero-order valence-electron chi connectivity index (χ0n) is 19.6. The summed E-state index contributed by atoms with van der Waals surface area (Å²) in [5.41, 5.74) is 2.91. The van der Waals surface area contributed by atoms with Crippen LogP contribution in [-0.4, -0.2) is 57.0 Å². The minimum Gasteiger partial charge on any atom is -0.336 e. The van der Waals surface area contributed by atoms with Crippen LogP contribution >= 0.6 is 0 Å². The molecule has 0 radical (unpaired) electrons. The number of nitrogens with one attached hydrogen (secondary N) is 1. The van der Waals surface area contributed by atoms with Gasteiger partial charge in [0.15, 0.2) is 0 Å². The third kappa shape index (κ3) is 3.71. The minimum atomic E-state index is -0.253. The molecule has 1 N–H and O–H groups in total. The Morgan fingerprint density at radius 1 is 1.06 bits per heavy atom. The number of rotatable bonds is 2. The van der Waals surface area contributed by atoms with Gasteiger partial charge >= 0.3 is 6.03 Å². The summed E-state index contributed by atoms with van der Waals surface area (Å²) in [4.78, 5) is 47.6. The van der Waals surface area contributed by atoms with Crippen molar-refractivity contribution in [3.05, 3.63) is 62.8 Å². The van der Waals surface area contributed by atoms with Crippen LogP contribution in [0, 0.1) is 6.92 Å². The molecule has 3 aliphatic rings.